The summed E-state index contributed by atoms with van der Waals surface area (Å²) in [5, 5.41) is 7.28. The molecule has 6 nitrogen and oxygen atoms in total. The molecule has 23 heavy (non-hydrogen) atoms. The maximum absolute atomic E-state index is 12.1. The second-order valence-corrected chi connectivity index (χ2v) is 9.30. The SMILES string of the molecule is CCSC1CCC(NC(=NC)NCCS(=O)(=O)N(CC)CC)C1. The number of sulfonamides is 1. The van der Waals surface area contributed by atoms with E-state index < -0.39 is 10.0 Å². The average Bonchev–Trinajstić information content (AvgIpc) is 2.94. The zero-order valence-electron chi connectivity index (χ0n) is 14.8. The number of aliphatic imine (C=N–C) groups is 1. The van der Waals surface area contributed by atoms with Gasteiger partial charge >= 0.3 is 0 Å². The minimum absolute atomic E-state index is 0.0916. The Hall–Kier alpha value is -0.470. The molecule has 0 saturated heterocycles. The Kier molecular flexibility index (Phi) is 9.31. The van der Waals surface area contributed by atoms with Gasteiger partial charge in [-0.3, -0.25) is 4.99 Å². The lowest BCUT2D eigenvalue weighted by atomic mass is 10.2. The number of hydrogen-bond acceptors (Lipinski definition) is 4. The van der Waals surface area contributed by atoms with E-state index in [2.05, 4.69) is 22.5 Å². The van der Waals surface area contributed by atoms with Crippen LogP contribution in [-0.4, -0.2) is 68.2 Å². The number of guanidine groups is 1. The molecule has 0 radical (unpaired) electrons. The number of hydrogen-bond donors (Lipinski definition) is 2. The molecule has 0 aromatic rings. The molecule has 1 saturated carbocycles. The van der Waals surface area contributed by atoms with Crippen LogP contribution in [0.4, 0.5) is 0 Å². The summed E-state index contributed by atoms with van der Waals surface area (Å²) < 4.78 is 25.8. The van der Waals surface area contributed by atoms with Gasteiger partial charge in [0, 0.05) is 38.0 Å². The standard InChI is InChI=1S/C15H32N4O2S2/c1-5-19(6-2)23(20,21)11-10-17-15(16-4)18-13-8-9-14(12-13)22-7-3/h13-14H,5-12H2,1-4H3,(H2,16,17,18). The van der Waals surface area contributed by atoms with Crippen LogP contribution in [-0.2, 0) is 10.0 Å². The summed E-state index contributed by atoms with van der Waals surface area (Å²) in [4.78, 5) is 4.21. The van der Waals surface area contributed by atoms with Crippen molar-refractivity contribution in [3.05, 3.63) is 0 Å². The molecular weight excluding hydrogens is 332 g/mol. The summed E-state index contributed by atoms with van der Waals surface area (Å²) in [5.74, 6) is 1.95. The van der Waals surface area contributed by atoms with Gasteiger partial charge < -0.3 is 10.6 Å². The van der Waals surface area contributed by atoms with Crippen LogP contribution in [0, 0.1) is 0 Å². The van der Waals surface area contributed by atoms with E-state index in [9.17, 15) is 8.42 Å². The Balaban J connectivity index is 2.38. The minimum atomic E-state index is -3.19. The van der Waals surface area contributed by atoms with Gasteiger partial charge in [-0.2, -0.15) is 11.8 Å². The van der Waals surface area contributed by atoms with Gasteiger partial charge in [0.05, 0.1) is 5.75 Å². The van der Waals surface area contributed by atoms with Crippen molar-refractivity contribution in [3.63, 3.8) is 0 Å². The van der Waals surface area contributed by atoms with Gasteiger partial charge in [0.25, 0.3) is 0 Å². The smallest absolute Gasteiger partial charge is 0.215 e. The van der Waals surface area contributed by atoms with Gasteiger partial charge in [0.2, 0.25) is 10.0 Å². The molecule has 0 spiro atoms. The number of thioether (sulfide) groups is 1. The second kappa shape index (κ2) is 10.4. The topological polar surface area (TPSA) is 73.8 Å². The highest BCUT2D eigenvalue weighted by Gasteiger charge is 2.25. The van der Waals surface area contributed by atoms with Crippen LogP contribution in [0.25, 0.3) is 0 Å². The van der Waals surface area contributed by atoms with E-state index in [1.54, 1.807) is 7.05 Å². The highest BCUT2D eigenvalue weighted by Crippen LogP contribution is 2.29. The quantitative estimate of drug-likeness (QED) is 0.479. The third kappa shape index (κ3) is 6.89. The fraction of sp³-hybridized carbons (Fsp3) is 0.933. The van der Waals surface area contributed by atoms with Crippen molar-refractivity contribution in [2.45, 2.75) is 51.3 Å². The summed E-state index contributed by atoms with van der Waals surface area (Å²) in [7, 11) is -1.46. The molecule has 0 heterocycles. The van der Waals surface area contributed by atoms with Crippen molar-refractivity contribution in [3.8, 4) is 0 Å². The molecule has 1 aliphatic rings. The number of nitrogens with one attached hydrogen (secondary N) is 2. The highest BCUT2D eigenvalue weighted by molar-refractivity contribution is 7.99. The molecule has 0 aliphatic heterocycles. The monoisotopic (exact) mass is 364 g/mol. The maximum atomic E-state index is 12.1. The third-order valence-electron chi connectivity index (χ3n) is 4.10. The average molecular weight is 365 g/mol. The Morgan fingerprint density at radius 1 is 1.26 bits per heavy atom. The Bertz CT molecular complexity index is 464. The summed E-state index contributed by atoms with van der Waals surface area (Å²) in [6.45, 7) is 7.33. The number of nitrogens with zero attached hydrogens (tertiary/aromatic N) is 2. The summed E-state index contributed by atoms with van der Waals surface area (Å²) in [5.41, 5.74) is 0. The fourth-order valence-electron chi connectivity index (χ4n) is 2.89. The van der Waals surface area contributed by atoms with Gasteiger partial charge in [0.15, 0.2) is 5.96 Å². The molecule has 0 bridgehead atoms. The first-order chi connectivity index (χ1) is 11.0. The highest BCUT2D eigenvalue weighted by atomic mass is 32.2. The Labute approximate surface area is 145 Å². The van der Waals surface area contributed by atoms with Crippen LogP contribution >= 0.6 is 11.8 Å². The van der Waals surface area contributed by atoms with Gasteiger partial charge in [-0.05, 0) is 25.0 Å². The van der Waals surface area contributed by atoms with Gasteiger partial charge in [-0.25, -0.2) is 12.7 Å². The zero-order chi connectivity index (χ0) is 17.3. The summed E-state index contributed by atoms with van der Waals surface area (Å²) in [6.07, 6.45) is 3.54. The molecule has 0 aromatic heterocycles. The molecule has 1 aliphatic carbocycles. The van der Waals surface area contributed by atoms with E-state index in [1.165, 1.54) is 10.7 Å². The molecule has 0 aromatic carbocycles. The van der Waals surface area contributed by atoms with Crippen molar-refractivity contribution in [1.82, 2.24) is 14.9 Å². The van der Waals surface area contributed by atoms with Crippen LogP contribution in [0.3, 0.4) is 0 Å². The zero-order valence-corrected chi connectivity index (χ0v) is 16.5. The molecule has 2 N–H and O–H groups in total. The lowest BCUT2D eigenvalue weighted by Gasteiger charge is -2.20. The molecule has 2 unspecified atom stereocenters. The van der Waals surface area contributed by atoms with E-state index in [4.69, 9.17) is 0 Å². The lowest BCUT2D eigenvalue weighted by molar-refractivity contribution is 0.445. The van der Waals surface area contributed by atoms with E-state index in [0.717, 1.165) is 23.8 Å². The van der Waals surface area contributed by atoms with E-state index in [0.29, 0.717) is 31.6 Å². The van der Waals surface area contributed by atoms with Gasteiger partial charge in [-0.15, -0.1) is 0 Å². The molecule has 1 rings (SSSR count). The first kappa shape index (κ1) is 20.6. The maximum Gasteiger partial charge on any atom is 0.215 e. The first-order valence-corrected chi connectivity index (χ1v) is 11.2. The van der Waals surface area contributed by atoms with Crippen molar-refractivity contribution < 1.29 is 8.42 Å². The number of rotatable bonds is 9. The van der Waals surface area contributed by atoms with Crippen LogP contribution in [0.15, 0.2) is 4.99 Å². The van der Waals surface area contributed by atoms with Crippen molar-refractivity contribution in [1.29, 1.82) is 0 Å². The molecule has 1 fully saturated rings. The normalized spacial score (nSPS) is 22.6. The van der Waals surface area contributed by atoms with E-state index in [1.807, 2.05) is 25.6 Å². The molecule has 8 heteroatoms. The molecule has 0 amide bonds. The first-order valence-electron chi connectivity index (χ1n) is 8.53. The van der Waals surface area contributed by atoms with Crippen LogP contribution in [0.5, 0.6) is 0 Å². The van der Waals surface area contributed by atoms with E-state index >= 15 is 0 Å². The third-order valence-corrected chi connectivity index (χ3v) is 7.36. The predicted molar refractivity (Wildman–Crippen MR) is 101 cm³/mol. The molecule has 2 atom stereocenters. The van der Waals surface area contributed by atoms with Crippen LogP contribution < -0.4 is 10.6 Å². The Morgan fingerprint density at radius 3 is 2.52 bits per heavy atom. The van der Waals surface area contributed by atoms with Crippen molar-refractivity contribution in [2.75, 3.05) is 38.2 Å². The molecular formula is C15H32N4O2S2. The fourth-order valence-corrected chi connectivity index (χ4v) is 5.44. The Morgan fingerprint density at radius 2 is 1.96 bits per heavy atom. The van der Waals surface area contributed by atoms with Crippen molar-refractivity contribution in [2.24, 2.45) is 4.99 Å². The lowest BCUT2D eigenvalue weighted by Crippen LogP contribution is -2.45. The summed E-state index contributed by atoms with van der Waals surface area (Å²) >= 11 is 2.02. The minimum Gasteiger partial charge on any atom is -0.355 e. The van der Waals surface area contributed by atoms with Crippen LogP contribution in [0.1, 0.15) is 40.0 Å². The second-order valence-electron chi connectivity index (χ2n) is 5.63. The van der Waals surface area contributed by atoms with Gasteiger partial charge in [-0.1, -0.05) is 20.8 Å². The van der Waals surface area contributed by atoms with Gasteiger partial charge in [0.1, 0.15) is 0 Å². The van der Waals surface area contributed by atoms with E-state index in [-0.39, 0.29) is 5.75 Å². The predicted octanol–water partition coefficient (Wildman–Crippen LogP) is 1.50. The summed E-state index contributed by atoms with van der Waals surface area (Å²) in [6, 6.07) is 0.435. The largest absolute Gasteiger partial charge is 0.355 e. The van der Waals surface area contributed by atoms with Crippen LogP contribution in [0.2, 0.25) is 0 Å². The van der Waals surface area contributed by atoms with Crippen molar-refractivity contribution >= 4 is 27.7 Å². The molecule has 136 valence electrons.